The Bertz CT molecular complexity index is 1670. The van der Waals surface area contributed by atoms with E-state index in [0.29, 0.717) is 53.7 Å². The molecule has 208 valence electrons. The van der Waals surface area contributed by atoms with Crippen LogP contribution in [0.1, 0.15) is 53.3 Å². The zero-order chi connectivity index (χ0) is 27.4. The number of hydrogen-bond acceptors (Lipinski definition) is 6. The van der Waals surface area contributed by atoms with E-state index in [1.807, 2.05) is 28.7 Å². The van der Waals surface area contributed by atoms with E-state index >= 15 is 0 Å². The molecule has 1 atom stereocenters. The largest absolute Gasteiger partial charge is 0.491 e. The Morgan fingerprint density at radius 2 is 2.00 bits per heavy atom. The third kappa shape index (κ3) is 4.36. The lowest BCUT2D eigenvalue weighted by Crippen LogP contribution is -2.32. The number of carbonyl (C=O) groups excluding carboxylic acids is 1. The molecule has 0 aliphatic carbocycles. The minimum atomic E-state index is -0.237. The van der Waals surface area contributed by atoms with Crippen molar-refractivity contribution in [3.05, 3.63) is 68.9 Å². The number of benzene rings is 2. The SMILES string of the molecule is CN1CCC[C@H]1COc1cc2c(cc1C(=O)N1CCc3cc(Cl)ccc31)[nH]c(=O)c1cnc(C3CCOCC3)n12. The van der Waals surface area contributed by atoms with Crippen LogP contribution in [0.4, 0.5) is 5.69 Å². The molecule has 40 heavy (non-hydrogen) atoms. The number of H-pyrrole nitrogens is 1. The van der Waals surface area contributed by atoms with Crippen LogP contribution in [0, 0.1) is 0 Å². The molecule has 5 heterocycles. The molecule has 10 heteroatoms. The summed E-state index contributed by atoms with van der Waals surface area (Å²) in [5.74, 6) is 1.39. The molecule has 0 spiro atoms. The van der Waals surface area contributed by atoms with E-state index in [0.717, 1.165) is 61.2 Å². The highest BCUT2D eigenvalue weighted by molar-refractivity contribution is 6.30. The normalized spacial score (nSPS) is 20.1. The topological polar surface area (TPSA) is 92.2 Å². The smallest absolute Gasteiger partial charge is 0.274 e. The first-order valence-corrected chi connectivity index (χ1v) is 14.4. The van der Waals surface area contributed by atoms with Gasteiger partial charge in [0.15, 0.2) is 0 Å². The predicted octanol–water partition coefficient (Wildman–Crippen LogP) is 4.40. The number of rotatable bonds is 5. The first-order chi connectivity index (χ1) is 19.5. The number of anilines is 1. The average molecular weight is 562 g/mol. The number of imidazole rings is 1. The van der Waals surface area contributed by atoms with Crippen LogP contribution in [0.25, 0.3) is 16.6 Å². The van der Waals surface area contributed by atoms with Gasteiger partial charge >= 0.3 is 0 Å². The minimum Gasteiger partial charge on any atom is -0.491 e. The van der Waals surface area contributed by atoms with Crippen molar-refractivity contribution in [2.24, 2.45) is 0 Å². The second-order valence-electron chi connectivity index (χ2n) is 11.1. The van der Waals surface area contributed by atoms with E-state index in [-0.39, 0.29) is 23.4 Å². The van der Waals surface area contributed by atoms with Crippen LogP contribution in [0.3, 0.4) is 0 Å². The summed E-state index contributed by atoms with van der Waals surface area (Å²) in [6.45, 7) is 3.42. The fourth-order valence-electron chi connectivity index (χ4n) is 6.45. The quantitative estimate of drug-likeness (QED) is 0.388. The number of nitrogens with zero attached hydrogens (tertiary/aromatic N) is 4. The highest BCUT2D eigenvalue weighted by atomic mass is 35.5. The highest BCUT2D eigenvalue weighted by Crippen LogP contribution is 2.35. The van der Waals surface area contributed by atoms with Crippen molar-refractivity contribution >= 4 is 39.7 Å². The van der Waals surface area contributed by atoms with Gasteiger partial charge in [0.05, 0.1) is 22.8 Å². The van der Waals surface area contributed by atoms with Gasteiger partial charge in [-0.2, -0.15) is 0 Å². The molecule has 7 rings (SSSR count). The molecule has 2 aromatic heterocycles. The number of nitrogens with one attached hydrogen (secondary N) is 1. The molecule has 3 aliphatic rings. The molecule has 1 amide bonds. The van der Waals surface area contributed by atoms with Crippen LogP contribution in [0.15, 0.2) is 41.3 Å². The van der Waals surface area contributed by atoms with Crippen LogP contribution < -0.4 is 15.2 Å². The Balaban J connectivity index is 1.36. The molecule has 1 N–H and O–H groups in total. The molecule has 2 aromatic carbocycles. The van der Waals surface area contributed by atoms with Crippen LogP contribution in [0.2, 0.25) is 5.02 Å². The first kappa shape index (κ1) is 25.6. The molecular formula is C30H32ClN5O4. The lowest BCUT2D eigenvalue weighted by molar-refractivity contribution is 0.0835. The maximum absolute atomic E-state index is 14.1. The molecule has 0 bridgehead atoms. The van der Waals surface area contributed by atoms with E-state index in [1.165, 1.54) is 0 Å². The second-order valence-corrected chi connectivity index (χ2v) is 11.5. The predicted molar refractivity (Wildman–Crippen MR) is 154 cm³/mol. The van der Waals surface area contributed by atoms with Gasteiger partial charge in [0.25, 0.3) is 11.5 Å². The molecule has 2 saturated heterocycles. The van der Waals surface area contributed by atoms with Gasteiger partial charge in [0, 0.05) is 48.5 Å². The molecule has 3 aliphatic heterocycles. The van der Waals surface area contributed by atoms with Gasteiger partial charge in [-0.25, -0.2) is 4.98 Å². The highest BCUT2D eigenvalue weighted by Gasteiger charge is 2.30. The van der Waals surface area contributed by atoms with Gasteiger partial charge in [-0.15, -0.1) is 0 Å². The fourth-order valence-corrected chi connectivity index (χ4v) is 6.65. The minimum absolute atomic E-state index is 0.158. The summed E-state index contributed by atoms with van der Waals surface area (Å²) in [6, 6.07) is 9.59. The molecule has 9 nitrogen and oxygen atoms in total. The Morgan fingerprint density at radius 3 is 2.80 bits per heavy atom. The van der Waals surface area contributed by atoms with E-state index in [4.69, 9.17) is 21.1 Å². The van der Waals surface area contributed by atoms with Crippen molar-refractivity contribution in [1.29, 1.82) is 0 Å². The summed E-state index contributed by atoms with van der Waals surface area (Å²) in [4.78, 5) is 39.0. The lowest BCUT2D eigenvalue weighted by atomic mass is 9.99. The number of hydrogen-bond donors (Lipinski definition) is 1. The number of likely N-dealkylation sites (tertiary alicyclic amines) is 1. The Hall–Kier alpha value is -3.40. The Kier molecular flexibility index (Phi) is 6.53. The van der Waals surface area contributed by atoms with Gasteiger partial charge in [-0.05, 0) is 75.5 Å². The number of ether oxygens (including phenoxy) is 2. The second kappa shape index (κ2) is 10.2. The number of fused-ring (bicyclic) bond motifs is 4. The number of aromatic amines is 1. The van der Waals surface area contributed by atoms with E-state index < -0.39 is 0 Å². The van der Waals surface area contributed by atoms with Crippen LogP contribution in [-0.2, 0) is 11.2 Å². The molecule has 0 saturated carbocycles. The molecule has 0 unspecified atom stereocenters. The van der Waals surface area contributed by atoms with Crippen molar-refractivity contribution in [2.75, 3.05) is 44.9 Å². The van der Waals surface area contributed by atoms with Gasteiger partial charge in [-0.1, -0.05) is 11.6 Å². The lowest BCUT2D eigenvalue weighted by Gasteiger charge is -2.24. The maximum Gasteiger partial charge on any atom is 0.274 e. The van der Waals surface area contributed by atoms with Crippen molar-refractivity contribution in [2.45, 2.75) is 44.1 Å². The fraction of sp³-hybridized carbons (Fsp3) is 0.433. The summed E-state index contributed by atoms with van der Waals surface area (Å²) in [5.41, 5.74) is 3.93. The van der Waals surface area contributed by atoms with Gasteiger partial charge < -0.3 is 24.3 Å². The number of amides is 1. The summed E-state index contributed by atoms with van der Waals surface area (Å²) in [5, 5.41) is 0.658. The zero-order valence-electron chi connectivity index (χ0n) is 22.5. The number of likely N-dealkylation sites (N-methyl/N-ethyl adjacent to an activating group) is 1. The van der Waals surface area contributed by atoms with Crippen LogP contribution in [0.5, 0.6) is 5.75 Å². The Labute approximate surface area is 236 Å². The summed E-state index contributed by atoms with van der Waals surface area (Å²) in [7, 11) is 2.11. The van der Waals surface area contributed by atoms with Crippen molar-refractivity contribution in [3.63, 3.8) is 0 Å². The standard InChI is InChI=1S/C30H32ClN5O4/c1-34-9-2-3-21(34)17-40-27-15-25-23(14-22(27)30(38)35-10-6-19-13-20(31)4-5-24(19)35)33-29(37)26-16-32-28(36(25)26)18-7-11-39-12-8-18/h4-5,13-16,18,21H,2-3,6-12,17H2,1H3,(H,33,37)/t21-/m0/s1. The number of halogens is 1. The van der Waals surface area contributed by atoms with Crippen LogP contribution >= 0.6 is 11.6 Å². The number of carbonyl (C=O) groups is 1. The zero-order valence-corrected chi connectivity index (χ0v) is 23.2. The van der Waals surface area contributed by atoms with Gasteiger partial charge in [0.1, 0.15) is 23.7 Å². The maximum atomic E-state index is 14.1. The first-order valence-electron chi connectivity index (χ1n) is 14.1. The molecule has 2 fully saturated rings. The summed E-state index contributed by atoms with van der Waals surface area (Å²) in [6.07, 6.45) is 6.26. The third-order valence-corrected chi connectivity index (χ3v) is 8.95. The number of aromatic nitrogens is 3. The van der Waals surface area contributed by atoms with Crippen molar-refractivity contribution in [1.82, 2.24) is 19.3 Å². The molecule has 4 aromatic rings. The molecule has 0 radical (unpaired) electrons. The Morgan fingerprint density at radius 1 is 1.15 bits per heavy atom. The summed E-state index contributed by atoms with van der Waals surface area (Å²) < 4.78 is 14.0. The van der Waals surface area contributed by atoms with Crippen molar-refractivity contribution in [3.8, 4) is 5.75 Å². The van der Waals surface area contributed by atoms with E-state index in [1.54, 1.807) is 17.2 Å². The molecular weight excluding hydrogens is 530 g/mol. The van der Waals surface area contributed by atoms with Gasteiger partial charge in [-0.3, -0.25) is 14.0 Å². The van der Waals surface area contributed by atoms with Gasteiger partial charge in [0.2, 0.25) is 0 Å². The monoisotopic (exact) mass is 561 g/mol. The van der Waals surface area contributed by atoms with E-state index in [2.05, 4.69) is 21.9 Å². The third-order valence-electron chi connectivity index (χ3n) is 8.71. The summed E-state index contributed by atoms with van der Waals surface area (Å²) >= 11 is 6.22. The van der Waals surface area contributed by atoms with Crippen LogP contribution in [-0.4, -0.2) is 71.2 Å². The van der Waals surface area contributed by atoms with E-state index in [9.17, 15) is 9.59 Å². The average Bonchev–Trinajstić information content (AvgIpc) is 3.70. The van der Waals surface area contributed by atoms with Crippen molar-refractivity contribution < 1.29 is 14.3 Å².